The van der Waals surface area contributed by atoms with Crippen LogP contribution in [-0.4, -0.2) is 11.1 Å². The Hall–Kier alpha value is -0.790. The van der Waals surface area contributed by atoms with Crippen LogP contribution in [0.3, 0.4) is 0 Å². The van der Waals surface area contributed by atoms with E-state index in [4.69, 9.17) is 5.11 Å². The zero-order chi connectivity index (χ0) is 20.0. The largest absolute Gasteiger partial charge is 0.481 e. The molecule has 0 aliphatic heterocycles. The minimum absolute atomic E-state index is 0.252. The average Bonchev–Trinajstić information content (AvgIpc) is 2.64. The molecule has 0 saturated heterocycles. The van der Waals surface area contributed by atoms with E-state index in [0.29, 0.717) is 12.3 Å². The van der Waals surface area contributed by atoms with Gasteiger partial charge in [-0.05, 0) is 18.8 Å². The second-order valence-electron chi connectivity index (χ2n) is 8.43. The van der Waals surface area contributed by atoms with Gasteiger partial charge in [0.25, 0.3) is 0 Å². The molecule has 0 aliphatic rings. The standard InChI is InChI=1S/C25H48O2/c1-3-4-5-6-7-8-9-10-11-12-13-14-15-16-17-18-21-24(2)22-19-20-23-25(26)27/h19,22,24H,3-18,20-21,23H2,1-2H3,(H,26,27)/b22-19+. The monoisotopic (exact) mass is 380 g/mol. The van der Waals surface area contributed by atoms with Crippen molar-refractivity contribution in [3.05, 3.63) is 12.2 Å². The fraction of sp³-hybridized carbons (Fsp3) is 0.880. The van der Waals surface area contributed by atoms with Gasteiger partial charge in [0.1, 0.15) is 0 Å². The summed E-state index contributed by atoms with van der Waals surface area (Å²) in [4.78, 5) is 10.4. The lowest BCUT2D eigenvalue weighted by Gasteiger charge is -2.06. The van der Waals surface area contributed by atoms with Crippen LogP contribution in [0.15, 0.2) is 12.2 Å². The molecule has 0 spiro atoms. The van der Waals surface area contributed by atoms with Crippen LogP contribution in [0.1, 0.15) is 136 Å². The fourth-order valence-corrected chi connectivity index (χ4v) is 3.65. The lowest BCUT2D eigenvalue weighted by atomic mass is 10.0. The van der Waals surface area contributed by atoms with Gasteiger partial charge in [0.05, 0.1) is 0 Å². The van der Waals surface area contributed by atoms with E-state index in [1.54, 1.807) is 0 Å². The van der Waals surface area contributed by atoms with Crippen LogP contribution in [0.2, 0.25) is 0 Å². The number of rotatable bonds is 21. The Morgan fingerprint density at radius 1 is 0.741 bits per heavy atom. The number of unbranched alkanes of at least 4 members (excludes halogenated alkanes) is 15. The molecule has 1 N–H and O–H groups in total. The smallest absolute Gasteiger partial charge is 0.303 e. The van der Waals surface area contributed by atoms with Crippen molar-refractivity contribution in [3.63, 3.8) is 0 Å². The molecule has 0 bridgehead atoms. The van der Waals surface area contributed by atoms with Crippen molar-refractivity contribution >= 4 is 5.97 Å². The molecule has 0 aromatic carbocycles. The van der Waals surface area contributed by atoms with Gasteiger partial charge in [-0.25, -0.2) is 0 Å². The lowest BCUT2D eigenvalue weighted by molar-refractivity contribution is -0.136. The van der Waals surface area contributed by atoms with Crippen molar-refractivity contribution < 1.29 is 9.90 Å². The van der Waals surface area contributed by atoms with Gasteiger partial charge >= 0.3 is 5.97 Å². The topological polar surface area (TPSA) is 37.3 Å². The number of hydrogen-bond acceptors (Lipinski definition) is 1. The molecule has 0 aromatic rings. The summed E-state index contributed by atoms with van der Waals surface area (Å²) in [5.41, 5.74) is 0. The Balaban J connectivity index is 3.17. The molecular formula is C25H48O2. The Bertz CT molecular complexity index is 335. The third-order valence-electron chi connectivity index (χ3n) is 5.50. The van der Waals surface area contributed by atoms with Gasteiger partial charge in [-0.1, -0.05) is 129 Å². The summed E-state index contributed by atoms with van der Waals surface area (Å²) in [6, 6.07) is 0. The maximum absolute atomic E-state index is 10.4. The minimum Gasteiger partial charge on any atom is -0.481 e. The Morgan fingerprint density at radius 3 is 1.56 bits per heavy atom. The van der Waals surface area contributed by atoms with E-state index < -0.39 is 5.97 Å². The highest BCUT2D eigenvalue weighted by molar-refractivity contribution is 5.66. The van der Waals surface area contributed by atoms with E-state index in [2.05, 4.69) is 19.9 Å². The zero-order valence-electron chi connectivity index (χ0n) is 18.5. The van der Waals surface area contributed by atoms with Gasteiger partial charge < -0.3 is 5.11 Å². The van der Waals surface area contributed by atoms with E-state index >= 15 is 0 Å². The molecule has 27 heavy (non-hydrogen) atoms. The van der Waals surface area contributed by atoms with Crippen molar-refractivity contribution in [2.75, 3.05) is 0 Å². The number of carbonyl (C=O) groups is 1. The quantitative estimate of drug-likeness (QED) is 0.160. The van der Waals surface area contributed by atoms with Gasteiger partial charge in [-0.3, -0.25) is 4.79 Å². The Kier molecular flexibility index (Phi) is 20.9. The van der Waals surface area contributed by atoms with Crippen molar-refractivity contribution in [2.45, 2.75) is 136 Å². The number of carboxylic acids is 1. The van der Waals surface area contributed by atoms with Crippen molar-refractivity contribution in [1.82, 2.24) is 0 Å². The van der Waals surface area contributed by atoms with Crippen LogP contribution in [0, 0.1) is 5.92 Å². The molecule has 2 nitrogen and oxygen atoms in total. The van der Waals surface area contributed by atoms with Crippen LogP contribution >= 0.6 is 0 Å². The van der Waals surface area contributed by atoms with Crippen molar-refractivity contribution in [2.24, 2.45) is 5.92 Å². The molecule has 1 unspecified atom stereocenters. The molecule has 0 amide bonds. The summed E-state index contributed by atoms with van der Waals surface area (Å²) in [7, 11) is 0. The molecule has 0 saturated carbocycles. The van der Waals surface area contributed by atoms with Crippen LogP contribution in [0.5, 0.6) is 0 Å². The highest BCUT2D eigenvalue weighted by atomic mass is 16.4. The highest BCUT2D eigenvalue weighted by Gasteiger charge is 1.99. The van der Waals surface area contributed by atoms with Crippen molar-refractivity contribution in [3.8, 4) is 0 Å². The van der Waals surface area contributed by atoms with Crippen LogP contribution in [0.4, 0.5) is 0 Å². The first kappa shape index (κ1) is 26.2. The van der Waals surface area contributed by atoms with E-state index in [1.807, 2.05) is 6.08 Å². The second-order valence-corrected chi connectivity index (χ2v) is 8.43. The predicted molar refractivity (Wildman–Crippen MR) is 119 cm³/mol. The van der Waals surface area contributed by atoms with Crippen LogP contribution in [-0.2, 0) is 4.79 Å². The van der Waals surface area contributed by atoms with Gasteiger partial charge in [-0.2, -0.15) is 0 Å². The third kappa shape index (κ3) is 23.2. The number of hydrogen-bond donors (Lipinski definition) is 1. The van der Waals surface area contributed by atoms with E-state index in [-0.39, 0.29) is 6.42 Å². The number of aliphatic carboxylic acids is 1. The van der Waals surface area contributed by atoms with Crippen LogP contribution in [0.25, 0.3) is 0 Å². The molecule has 0 aliphatic carbocycles. The first-order valence-corrected chi connectivity index (χ1v) is 12.0. The summed E-state index contributed by atoms with van der Waals surface area (Å²) >= 11 is 0. The number of carboxylic acid groups (broad SMARTS) is 1. The maximum atomic E-state index is 10.4. The molecule has 0 aromatic heterocycles. The number of allylic oxidation sites excluding steroid dienone is 2. The highest BCUT2D eigenvalue weighted by Crippen LogP contribution is 2.15. The minimum atomic E-state index is -0.704. The van der Waals surface area contributed by atoms with E-state index in [0.717, 1.165) is 0 Å². The molecule has 0 rings (SSSR count). The maximum Gasteiger partial charge on any atom is 0.303 e. The second kappa shape index (κ2) is 21.5. The Labute approximate surface area is 170 Å². The first-order chi connectivity index (χ1) is 13.2. The van der Waals surface area contributed by atoms with Crippen molar-refractivity contribution in [1.29, 1.82) is 0 Å². The third-order valence-corrected chi connectivity index (χ3v) is 5.50. The van der Waals surface area contributed by atoms with Gasteiger partial charge in [0.2, 0.25) is 0 Å². The first-order valence-electron chi connectivity index (χ1n) is 12.0. The van der Waals surface area contributed by atoms with Gasteiger partial charge in [-0.15, -0.1) is 0 Å². The van der Waals surface area contributed by atoms with Gasteiger partial charge in [0.15, 0.2) is 0 Å². The summed E-state index contributed by atoms with van der Waals surface area (Å²) in [5.74, 6) is -0.115. The Morgan fingerprint density at radius 2 is 1.15 bits per heavy atom. The fourth-order valence-electron chi connectivity index (χ4n) is 3.65. The SMILES string of the molecule is CCCCCCCCCCCCCCCCCCC(C)/C=C/CCC(=O)O. The molecule has 0 fully saturated rings. The molecule has 2 heteroatoms. The lowest BCUT2D eigenvalue weighted by Crippen LogP contribution is -1.93. The predicted octanol–water partition coefficient (Wildman–Crippen LogP) is 8.70. The summed E-state index contributed by atoms with van der Waals surface area (Å²) < 4.78 is 0. The molecule has 160 valence electrons. The van der Waals surface area contributed by atoms with Gasteiger partial charge in [0, 0.05) is 6.42 Å². The molecule has 0 heterocycles. The molecular weight excluding hydrogens is 332 g/mol. The van der Waals surface area contributed by atoms with E-state index in [9.17, 15) is 4.79 Å². The normalized spacial score (nSPS) is 12.7. The van der Waals surface area contributed by atoms with Crippen LogP contribution < -0.4 is 0 Å². The molecule has 0 radical (unpaired) electrons. The summed E-state index contributed by atoms with van der Waals surface area (Å²) in [6.07, 6.45) is 29.0. The average molecular weight is 381 g/mol. The summed E-state index contributed by atoms with van der Waals surface area (Å²) in [5, 5.41) is 8.60. The summed E-state index contributed by atoms with van der Waals surface area (Å²) in [6.45, 7) is 4.52. The zero-order valence-corrected chi connectivity index (χ0v) is 18.5. The van der Waals surface area contributed by atoms with E-state index in [1.165, 1.54) is 109 Å². The molecule has 1 atom stereocenters.